The van der Waals surface area contributed by atoms with Crippen LogP contribution in [0.5, 0.6) is 11.5 Å². The van der Waals surface area contributed by atoms with Crippen LogP contribution in [-0.2, 0) is 6.42 Å². The predicted octanol–water partition coefficient (Wildman–Crippen LogP) is 4.57. The first-order valence-corrected chi connectivity index (χ1v) is 10.3. The van der Waals surface area contributed by atoms with Gasteiger partial charge in [-0.25, -0.2) is 4.68 Å². The number of nitrogens with zero attached hydrogens (tertiary/aromatic N) is 3. The Hall–Kier alpha value is -2.67. The Morgan fingerprint density at radius 3 is 2.68 bits per heavy atom. The molecule has 0 radical (unpaired) electrons. The number of thioether (sulfide) groups is 1. The van der Waals surface area contributed by atoms with E-state index >= 15 is 0 Å². The van der Waals surface area contributed by atoms with Gasteiger partial charge in [0.25, 0.3) is 0 Å². The van der Waals surface area contributed by atoms with Crippen LogP contribution in [0.25, 0.3) is 11.4 Å². The van der Waals surface area contributed by atoms with Crippen LogP contribution in [0.15, 0.2) is 41.6 Å². The van der Waals surface area contributed by atoms with E-state index in [1.54, 1.807) is 18.9 Å². The van der Waals surface area contributed by atoms with E-state index in [2.05, 4.69) is 47.7 Å². The van der Waals surface area contributed by atoms with Crippen LogP contribution in [0.3, 0.4) is 0 Å². The van der Waals surface area contributed by atoms with Crippen molar-refractivity contribution in [2.24, 2.45) is 0 Å². The molecule has 1 aliphatic heterocycles. The van der Waals surface area contributed by atoms with Gasteiger partial charge in [0.05, 0.1) is 13.7 Å². The Balaban J connectivity index is 1.71. The second-order valence-corrected chi connectivity index (χ2v) is 7.64. The number of benzene rings is 2. The molecule has 1 unspecified atom stereocenters. The number of ether oxygens (including phenoxy) is 2. The third-order valence-electron chi connectivity index (χ3n) is 4.86. The Labute approximate surface area is 169 Å². The molecular weight excluding hydrogens is 372 g/mol. The number of aromatic nitrogens is 3. The van der Waals surface area contributed by atoms with E-state index in [0.29, 0.717) is 6.61 Å². The van der Waals surface area contributed by atoms with Crippen LogP contribution in [0, 0.1) is 6.92 Å². The van der Waals surface area contributed by atoms with Crippen LogP contribution in [0.1, 0.15) is 35.9 Å². The monoisotopic (exact) mass is 396 g/mol. The van der Waals surface area contributed by atoms with E-state index in [9.17, 15) is 0 Å². The van der Waals surface area contributed by atoms with Gasteiger partial charge in [-0.05, 0) is 37.5 Å². The van der Waals surface area contributed by atoms with Gasteiger partial charge < -0.3 is 14.9 Å². The first-order valence-electron chi connectivity index (χ1n) is 9.44. The maximum absolute atomic E-state index is 5.92. The fraction of sp³-hybridized carbons (Fsp3) is 0.333. The molecule has 1 aromatic heterocycles. The van der Waals surface area contributed by atoms with Crippen molar-refractivity contribution in [1.82, 2.24) is 14.9 Å². The summed E-state index contributed by atoms with van der Waals surface area (Å²) in [4.78, 5) is 0. The lowest BCUT2D eigenvalue weighted by molar-refractivity contribution is 0.332. The maximum Gasteiger partial charge on any atom is 0.212 e. The normalized spacial score (nSPS) is 15.2. The molecule has 2 heterocycles. The van der Waals surface area contributed by atoms with Gasteiger partial charge >= 0.3 is 0 Å². The summed E-state index contributed by atoms with van der Waals surface area (Å²) < 4.78 is 13.4. The number of hydrogen-bond acceptors (Lipinski definition) is 6. The molecule has 4 rings (SSSR count). The average molecular weight is 397 g/mol. The summed E-state index contributed by atoms with van der Waals surface area (Å²) in [7, 11) is 1.70. The summed E-state index contributed by atoms with van der Waals surface area (Å²) in [5, 5.41) is 9.62. The molecule has 0 spiro atoms. The highest BCUT2D eigenvalue weighted by Crippen LogP contribution is 2.45. The molecule has 0 saturated carbocycles. The number of methoxy groups -OCH3 is 1. The van der Waals surface area contributed by atoms with Gasteiger partial charge in [0.2, 0.25) is 5.16 Å². The molecule has 1 atom stereocenters. The van der Waals surface area contributed by atoms with Gasteiger partial charge in [-0.3, -0.25) is 0 Å². The van der Waals surface area contributed by atoms with E-state index in [0.717, 1.165) is 45.6 Å². The highest BCUT2D eigenvalue weighted by Gasteiger charge is 2.31. The molecule has 3 aromatic rings. The van der Waals surface area contributed by atoms with Gasteiger partial charge in [0.1, 0.15) is 16.9 Å². The second-order valence-electron chi connectivity index (χ2n) is 6.57. The molecule has 0 bridgehead atoms. The van der Waals surface area contributed by atoms with Gasteiger partial charge in [0.15, 0.2) is 5.82 Å². The number of aryl methyl sites for hydroxylation is 2. The highest BCUT2D eigenvalue weighted by molar-refractivity contribution is 7.99. The smallest absolute Gasteiger partial charge is 0.212 e. The van der Waals surface area contributed by atoms with Crippen molar-refractivity contribution >= 4 is 11.8 Å². The standard InChI is InChI=1S/C21H24N4O2S/c1-5-14-11-16(18(27-6-2)12-17(14)26-4)20-24-25-19(22-23-21(25)28-20)15-10-8-7-9-13(15)3/h7-12,20,24H,5-6H2,1-4H3. The summed E-state index contributed by atoms with van der Waals surface area (Å²) in [5.74, 6) is 2.51. The average Bonchev–Trinajstić information content (AvgIpc) is 3.29. The third kappa shape index (κ3) is 3.20. The Bertz CT molecular complexity index is 1000. The zero-order chi connectivity index (χ0) is 19.7. The van der Waals surface area contributed by atoms with Crippen molar-refractivity contribution in [2.45, 2.75) is 37.7 Å². The second kappa shape index (κ2) is 7.75. The van der Waals surface area contributed by atoms with Crippen molar-refractivity contribution in [3.63, 3.8) is 0 Å². The van der Waals surface area contributed by atoms with Crippen molar-refractivity contribution in [1.29, 1.82) is 0 Å². The maximum atomic E-state index is 5.92. The minimum Gasteiger partial charge on any atom is -0.496 e. The van der Waals surface area contributed by atoms with Crippen LogP contribution in [0.4, 0.5) is 0 Å². The van der Waals surface area contributed by atoms with E-state index < -0.39 is 0 Å². The molecule has 146 valence electrons. The number of hydrogen-bond donors (Lipinski definition) is 1. The third-order valence-corrected chi connectivity index (χ3v) is 5.94. The summed E-state index contributed by atoms with van der Waals surface area (Å²) in [5.41, 5.74) is 8.03. The first-order chi connectivity index (χ1) is 13.7. The SMILES string of the molecule is CCOc1cc(OC)c(CC)cc1C1Nn2c(nnc2-c2ccccc2C)S1. The van der Waals surface area contributed by atoms with Crippen LogP contribution in [0.2, 0.25) is 0 Å². The van der Waals surface area contributed by atoms with Crippen molar-refractivity contribution in [3.8, 4) is 22.9 Å². The molecule has 28 heavy (non-hydrogen) atoms. The van der Waals surface area contributed by atoms with Crippen LogP contribution in [-0.4, -0.2) is 28.6 Å². The topological polar surface area (TPSA) is 61.2 Å². The highest BCUT2D eigenvalue weighted by atomic mass is 32.2. The zero-order valence-electron chi connectivity index (χ0n) is 16.5. The number of nitrogens with one attached hydrogen (secondary N) is 1. The first kappa shape index (κ1) is 18.7. The van der Waals surface area contributed by atoms with Crippen LogP contribution < -0.4 is 14.9 Å². The molecular formula is C21H24N4O2S. The summed E-state index contributed by atoms with van der Waals surface area (Å²) in [6, 6.07) is 12.4. The molecule has 0 amide bonds. The molecule has 0 fully saturated rings. The molecule has 2 aromatic carbocycles. The Morgan fingerprint density at radius 2 is 1.96 bits per heavy atom. The molecule has 0 aliphatic carbocycles. The Morgan fingerprint density at radius 1 is 1.14 bits per heavy atom. The van der Waals surface area contributed by atoms with E-state index in [4.69, 9.17) is 9.47 Å². The lowest BCUT2D eigenvalue weighted by atomic mass is 10.1. The molecule has 7 heteroatoms. The van der Waals surface area contributed by atoms with Gasteiger partial charge in [-0.2, -0.15) is 0 Å². The lowest BCUT2D eigenvalue weighted by Gasteiger charge is -2.19. The van der Waals surface area contributed by atoms with Crippen LogP contribution >= 0.6 is 11.8 Å². The number of fused-ring (bicyclic) bond motifs is 1. The fourth-order valence-corrected chi connectivity index (χ4v) is 4.43. The zero-order valence-corrected chi connectivity index (χ0v) is 17.3. The molecule has 0 saturated heterocycles. The molecule has 1 aliphatic rings. The van der Waals surface area contributed by atoms with E-state index in [1.165, 1.54) is 5.56 Å². The summed E-state index contributed by atoms with van der Waals surface area (Å²) in [6.07, 6.45) is 0.889. The van der Waals surface area contributed by atoms with Gasteiger partial charge in [-0.15, -0.1) is 10.2 Å². The van der Waals surface area contributed by atoms with Crippen molar-refractivity contribution < 1.29 is 9.47 Å². The molecule has 1 N–H and O–H groups in total. The van der Waals surface area contributed by atoms with Crippen molar-refractivity contribution in [3.05, 3.63) is 53.1 Å². The minimum absolute atomic E-state index is 0.00831. The van der Waals surface area contributed by atoms with E-state index in [-0.39, 0.29) is 5.37 Å². The van der Waals surface area contributed by atoms with Crippen molar-refractivity contribution in [2.75, 3.05) is 19.1 Å². The van der Waals surface area contributed by atoms with Gasteiger partial charge in [-0.1, -0.05) is 43.0 Å². The Kier molecular flexibility index (Phi) is 5.17. The largest absolute Gasteiger partial charge is 0.496 e. The predicted molar refractivity (Wildman–Crippen MR) is 112 cm³/mol. The minimum atomic E-state index is -0.00831. The lowest BCUT2D eigenvalue weighted by Crippen LogP contribution is -2.15. The summed E-state index contributed by atoms with van der Waals surface area (Å²) in [6.45, 7) is 6.80. The quantitative estimate of drug-likeness (QED) is 0.658. The van der Waals surface area contributed by atoms with E-state index in [1.807, 2.05) is 29.8 Å². The number of rotatable bonds is 6. The fourth-order valence-electron chi connectivity index (χ4n) is 3.42. The molecule has 6 nitrogen and oxygen atoms in total. The van der Waals surface area contributed by atoms with Gasteiger partial charge in [0, 0.05) is 17.2 Å². The summed E-state index contributed by atoms with van der Waals surface area (Å²) >= 11 is 1.64.